The lowest BCUT2D eigenvalue weighted by atomic mass is 10.0. The van der Waals surface area contributed by atoms with Crippen molar-refractivity contribution in [2.24, 2.45) is 0 Å². The Balaban J connectivity index is 1.48. The lowest BCUT2D eigenvalue weighted by Gasteiger charge is -2.32. The van der Waals surface area contributed by atoms with Gasteiger partial charge in [-0.25, -0.2) is 13.8 Å². The minimum absolute atomic E-state index is 0.0337. The molecule has 7 nitrogen and oxygen atoms in total. The first-order chi connectivity index (χ1) is 15.8. The SMILES string of the molecule is CC(Nc1ncc2ccc(=O)n(C(C)C#N)c2n1)c1ccc(CN2CCCC(F)(F)C2)cc1. The number of likely N-dealkylation sites (tertiary alicyclic amines) is 1. The highest BCUT2D eigenvalue weighted by Crippen LogP contribution is 2.28. The Labute approximate surface area is 190 Å². The standard InChI is InChI=1S/C24H26F2N6O/c1-16(12-27)32-21(33)9-8-20-13-28-23(30-22(20)32)29-17(2)19-6-4-18(5-7-19)14-31-11-3-10-24(25,26)15-31/h4-9,13,16-17H,3,10-11,14-15H2,1-2H3,(H,28,29,30). The molecule has 0 bridgehead atoms. The van der Waals surface area contributed by atoms with Gasteiger partial charge in [-0.15, -0.1) is 0 Å². The van der Waals surface area contributed by atoms with Gasteiger partial charge in [0.15, 0.2) is 0 Å². The van der Waals surface area contributed by atoms with Crippen LogP contribution in [0.2, 0.25) is 0 Å². The summed E-state index contributed by atoms with van der Waals surface area (Å²) in [6.07, 6.45) is 2.10. The van der Waals surface area contributed by atoms with Crippen molar-refractivity contribution in [1.29, 1.82) is 5.26 Å². The molecule has 2 aromatic heterocycles. The normalized spacial score (nSPS) is 17.9. The lowest BCUT2D eigenvalue weighted by Crippen LogP contribution is -2.41. The number of nitrogens with zero attached hydrogens (tertiary/aromatic N) is 5. The number of benzene rings is 1. The van der Waals surface area contributed by atoms with E-state index in [1.165, 1.54) is 10.6 Å². The molecule has 1 aliphatic rings. The minimum Gasteiger partial charge on any atom is -0.348 e. The highest BCUT2D eigenvalue weighted by Gasteiger charge is 2.34. The van der Waals surface area contributed by atoms with E-state index in [2.05, 4.69) is 21.4 Å². The number of pyridine rings is 1. The van der Waals surface area contributed by atoms with E-state index in [-0.39, 0.29) is 24.6 Å². The van der Waals surface area contributed by atoms with Crippen LogP contribution in [-0.2, 0) is 6.54 Å². The van der Waals surface area contributed by atoms with Crippen molar-refractivity contribution >= 4 is 17.0 Å². The van der Waals surface area contributed by atoms with Gasteiger partial charge in [0.1, 0.15) is 11.7 Å². The molecule has 1 aromatic carbocycles. The molecule has 1 aliphatic heterocycles. The van der Waals surface area contributed by atoms with E-state index < -0.39 is 12.0 Å². The second-order valence-electron chi connectivity index (χ2n) is 8.60. The largest absolute Gasteiger partial charge is 0.348 e. The fourth-order valence-electron chi connectivity index (χ4n) is 4.17. The zero-order valence-corrected chi connectivity index (χ0v) is 18.6. The van der Waals surface area contributed by atoms with Crippen molar-refractivity contribution in [2.75, 3.05) is 18.4 Å². The molecule has 33 heavy (non-hydrogen) atoms. The van der Waals surface area contributed by atoms with Gasteiger partial charge in [0.05, 0.1) is 18.7 Å². The molecular formula is C24H26F2N6O. The van der Waals surface area contributed by atoms with Crippen molar-refractivity contribution in [3.05, 3.63) is 64.1 Å². The number of alkyl halides is 2. The third-order valence-electron chi connectivity index (χ3n) is 5.94. The van der Waals surface area contributed by atoms with E-state index in [0.29, 0.717) is 36.5 Å². The van der Waals surface area contributed by atoms with Crippen molar-refractivity contribution in [2.45, 2.75) is 51.2 Å². The Morgan fingerprint density at radius 1 is 1.21 bits per heavy atom. The average molecular weight is 453 g/mol. The molecule has 2 unspecified atom stereocenters. The maximum Gasteiger partial charge on any atom is 0.260 e. The first-order valence-corrected chi connectivity index (χ1v) is 11.0. The number of halogens is 2. The summed E-state index contributed by atoms with van der Waals surface area (Å²) in [5.74, 6) is -2.26. The number of rotatable bonds is 6. The van der Waals surface area contributed by atoms with Gasteiger partial charge in [-0.05, 0) is 44.0 Å². The van der Waals surface area contributed by atoms with Gasteiger partial charge in [-0.2, -0.15) is 10.2 Å². The van der Waals surface area contributed by atoms with Crippen molar-refractivity contribution in [3.8, 4) is 6.07 Å². The highest BCUT2D eigenvalue weighted by molar-refractivity contribution is 5.75. The highest BCUT2D eigenvalue weighted by atomic mass is 19.3. The first-order valence-electron chi connectivity index (χ1n) is 11.0. The zero-order chi connectivity index (χ0) is 23.6. The molecule has 0 spiro atoms. The maximum absolute atomic E-state index is 13.6. The molecular weight excluding hydrogens is 426 g/mol. The maximum atomic E-state index is 13.6. The summed E-state index contributed by atoms with van der Waals surface area (Å²) in [4.78, 5) is 22.9. The number of piperidine rings is 1. The second-order valence-corrected chi connectivity index (χ2v) is 8.60. The summed E-state index contributed by atoms with van der Waals surface area (Å²) in [5, 5.41) is 13.2. The van der Waals surface area contributed by atoms with Crippen LogP contribution < -0.4 is 10.9 Å². The third kappa shape index (κ3) is 5.17. The second kappa shape index (κ2) is 9.24. The van der Waals surface area contributed by atoms with E-state index in [4.69, 9.17) is 0 Å². The molecule has 0 aliphatic carbocycles. The molecule has 2 atom stereocenters. The number of fused-ring (bicyclic) bond motifs is 1. The molecule has 0 saturated carbocycles. The van der Waals surface area contributed by atoms with Gasteiger partial charge >= 0.3 is 0 Å². The number of nitriles is 1. The van der Waals surface area contributed by atoms with Crippen LogP contribution in [-0.4, -0.2) is 38.4 Å². The van der Waals surface area contributed by atoms with Gasteiger partial charge in [0, 0.05) is 30.6 Å². The molecule has 3 heterocycles. The summed E-state index contributed by atoms with van der Waals surface area (Å²) in [6.45, 7) is 4.60. The Kier molecular flexibility index (Phi) is 6.38. The topological polar surface area (TPSA) is 86.8 Å². The van der Waals surface area contributed by atoms with Crippen LogP contribution in [0.3, 0.4) is 0 Å². The van der Waals surface area contributed by atoms with E-state index in [1.807, 2.05) is 31.2 Å². The summed E-state index contributed by atoms with van der Waals surface area (Å²) in [5.41, 5.74) is 2.08. The Morgan fingerprint density at radius 2 is 1.97 bits per heavy atom. The first kappa shape index (κ1) is 22.8. The van der Waals surface area contributed by atoms with E-state index in [1.54, 1.807) is 24.1 Å². The van der Waals surface area contributed by atoms with Crippen LogP contribution in [0.5, 0.6) is 0 Å². The number of hydrogen-bond acceptors (Lipinski definition) is 6. The number of nitrogens with one attached hydrogen (secondary N) is 1. The minimum atomic E-state index is -2.60. The van der Waals surface area contributed by atoms with Gasteiger partial charge in [-0.1, -0.05) is 24.3 Å². The molecule has 1 fully saturated rings. The van der Waals surface area contributed by atoms with Crippen LogP contribution in [0.1, 0.15) is 49.9 Å². The Bertz CT molecular complexity index is 1230. The summed E-state index contributed by atoms with van der Waals surface area (Å²) < 4.78 is 28.6. The number of anilines is 1. The molecule has 172 valence electrons. The zero-order valence-electron chi connectivity index (χ0n) is 18.6. The van der Waals surface area contributed by atoms with Gasteiger partial charge in [0.2, 0.25) is 5.95 Å². The molecule has 3 aromatic rings. The molecule has 1 saturated heterocycles. The molecule has 9 heteroatoms. The predicted octanol–water partition coefficient (Wildman–Crippen LogP) is 4.28. The van der Waals surface area contributed by atoms with Crippen LogP contribution in [0, 0.1) is 11.3 Å². The Hall–Kier alpha value is -3.38. The van der Waals surface area contributed by atoms with Gasteiger partial charge in [-0.3, -0.25) is 14.3 Å². The summed E-state index contributed by atoms with van der Waals surface area (Å²) in [7, 11) is 0. The molecule has 4 rings (SSSR count). The molecule has 0 radical (unpaired) electrons. The Morgan fingerprint density at radius 3 is 2.67 bits per heavy atom. The van der Waals surface area contributed by atoms with Crippen molar-refractivity contribution < 1.29 is 8.78 Å². The third-order valence-corrected chi connectivity index (χ3v) is 5.94. The van der Waals surface area contributed by atoms with Gasteiger partial charge < -0.3 is 5.32 Å². The lowest BCUT2D eigenvalue weighted by molar-refractivity contribution is -0.0661. The quantitative estimate of drug-likeness (QED) is 0.601. The van der Waals surface area contributed by atoms with E-state index >= 15 is 0 Å². The summed E-state index contributed by atoms with van der Waals surface area (Å²) in [6, 6.07) is 12.2. The smallest absolute Gasteiger partial charge is 0.260 e. The van der Waals surface area contributed by atoms with Crippen molar-refractivity contribution in [3.63, 3.8) is 0 Å². The van der Waals surface area contributed by atoms with Crippen LogP contribution in [0.4, 0.5) is 14.7 Å². The van der Waals surface area contributed by atoms with Crippen LogP contribution >= 0.6 is 0 Å². The van der Waals surface area contributed by atoms with Gasteiger partial charge in [0.25, 0.3) is 11.5 Å². The number of hydrogen-bond donors (Lipinski definition) is 1. The van der Waals surface area contributed by atoms with Crippen molar-refractivity contribution in [1.82, 2.24) is 19.4 Å². The van der Waals surface area contributed by atoms with E-state index in [0.717, 1.165) is 11.1 Å². The molecule has 1 N–H and O–H groups in total. The van der Waals surface area contributed by atoms with Crippen LogP contribution in [0.25, 0.3) is 11.0 Å². The average Bonchev–Trinajstić information content (AvgIpc) is 2.78. The van der Waals surface area contributed by atoms with E-state index in [9.17, 15) is 18.8 Å². The summed E-state index contributed by atoms with van der Waals surface area (Å²) >= 11 is 0. The fourth-order valence-corrected chi connectivity index (χ4v) is 4.17. The molecule has 0 amide bonds. The van der Waals surface area contributed by atoms with Crippen LogP contribution in [0.15, 0.2) is 47.4 Å². The number of aromatic nitrogens is 3. The fraction of sp³-hybridized carbons (Fsp3) is 0.417. The monoisotopic (exact) mass is 452 g/mol. The predicted molar refractivity (Wildman–Crippen MR) is 122 cm³/mol.